The molecule has 0 aliphatic carbocycles. The lowest BCUT2D eigenvalue weighted by molar-refractivity contribution is -0.363. The van der Waals surface area contributed by atoms with E-state index in [0.29, 0.717) is 52.0 Å². The SMILES string of the molecule is Cc1cc(=O)c2cc3c(c(CCCO)c2o1)OC(C)(C)C(OOCC(O)C(O)(Cn1ccc2[nH]ccc21)C(O)C(O)CO)C3. The number of aryl methyl sites for hydroxylation is 2. The molecule has 0 saturated heterocycles. The predicted molar refractivity (Wildman–Crippen MR) is 158 cm³/mol. The molecule has 0 saturated carbocycles. The minimum absolute atomic E-state index is 0.0523. The van der Waals surface area contributed by atoms with Crippen LogP contribution in [0.5, 0.6) is 5.75 Å². The summed E-state index contributed by atoms with van der Waals surface area (Å²) >= 11 is 0. The van der Waals surface area contributed by atoms with Gasteiger partial charge in [0.05, 0.1) is 29.6 Å². The van der Waals surface area contributed by atoms with Gasteiger partial charge in [0.15, 0.2) is 5.43 Å². The van der Waals surface area contributed by atoms with Gasteiger partial charge >= 0.3 is 0 Å². The number of nitrogens with zero attached hydrogens (tertiary/aromatic N) is 1. The van der Waals surface area contributed by atoms with Crippen LogP contribution in [0, 0.1) is 6.92 Å². The van der Waals surface area contributed by atoms with Gasteiger partial charge in [-0.05, 0) is 57.4 Å². The van der Waals surface area contributed by atoms with Crippen LogP contribution in [0.2, 0.25) is 0 Å². The topological polar surface area (TPSA) is 200 Å². The Labute approximate surface area is 252 Å². The third-order valence-electron chi connectivity index (χ3n) is 8.36. The van der Waals surface area contributed by atoms with E-state index in [1.54, 1.807) is 55.9 Å². The van der Waals surface area contributed by atoms with Crippen LogP contribution in [-0.4, -0.2) is 95.6 Å². The third-order valence-corrected chi connectivity index (χ3v) is 8.36. The Morgan fingerprint density at radius 1 is 1.20 bits per heavy atom. The number of benzene rings is 1. The molecule has 5 rings (SSSR count). The highest BCUT2D eigenvalue weighted by atomic mass is 17.2. The highest BCUT2D eigenvalue weighted by molar-refractivity contribution is 5.84. The molecular formula is C31H40N2O11. The van der Waals surface area contributed by atoms with Crippen LogP contribution in [0.25, 0.3) is 22.0 Å². The Bertz CT molecular complexity index is 1660. The van der Waals surface area contributed by atoms with Gasteiger partial charge in [0.2, 0.25) is 0 Å². The first-order valence-electron chi connectivity index (χ1n) is 14.6. The summed E-state index contributed by atoms with van der Waals surface area (Å²) in [5.74, 6) is 1.00. The summed E-state index contributed by atoms with van der Waals surface area (Å²) in [6.45, 7) is 3.43. The molecule has 13 heteroatoms. The lowest BCUT2D eigenvalue weighted by Gasteiger charge is -2.41. The quantitative estimate of drug-likeness (QED) is 0.0830. The second-order valence-electron chi connectivity index (χ2n) is 12.0. The molecule has 0 spiro atoms. The van der Waals surface area contributed by atoms with Crippen LogP contribution in [0.3, 0.4) is 0 Å². The molecule has 1 aromatic carbocycles. The highest BCUT2D eigenvalue weighted by Crippen LogP contribution is 2.41. The fourth-order valence-electron chi connectivity index (χ4n) is 5.78. The fourth-order valence-corrected chi connectivity index (χ4v) is 5.78. The van der Waals surface area contributed by atoms with Gasteiger partial charge in [0.1, 0.15) is 59.3 Å². The average Bonchev–Trinajstić information content (AvgIpc) is 3.60. The van der Waals surface area contributed by atoms with E-state index in [0.717, 1.165) is 5.52 Å². The van der Waals surface area contributed by atoms with E-state index in [1.807, 2.05) is 0 Å². The van der Waals surface area contributed by atoms with Crippen LogP contribution in [0.4, 0.5) is 0 Å². The van der Waals surface area contributed by atoms with Gasteiger partial charge in [-0.3, -0.25) is 4.79 Å². The van der Waals surface area contributed by atoms with E-state index in [-0.39, 0.29) is 25.0 Å². The lowest BCUT2D eigenvalue weighted by atomic mass is 9.87. The summed E-state index contributed by atoms with van der Waals surface area (Å²) in [6, 6.07) is 6.62. The van der Waals surface area contributed by atoms with Crippen LogP contribution in [0.1, 0.15) is 37.2 Å². The molecule has 3 aromatic heterocycles. The molecule has 4 heterocycles. The Morgan fingerprint density at radius 2 is 1.98 bits per heavy atom. The van der Waals surface area contributed by atoms with Crippen molar-refractivity contribution >= 4 is 22.0 Å². The van der Waals surface area contributed by atoms with Crippen molar-refractivity contribution in [3.8, 4) is 5.75 Å². The van der Waals surface area contributed by atoms with E-state index in [9.17, 15) is 35.4 Å². The number of fused-ring (bicyclic) bond motifs is 3. The number of hydrogen-bond donors (Lipinski definition) is 7. The summed E-state index contributed by atoms with van der Waals surface area (Å²) in [5, 5.41) is 62.9. The third kappa shape index (κ3) is 6.02. The second-order valence-corrected chi connectivity index (χ2v) is 12.0. The number of H-pyrrole nitrogens is 1. The number of aromatic nitrogens is 2. The fraction of sp³-hybridized carbons (Fsp3) is 0.516. The second kappa shape index (κ2) is 12.6. The maximum Gasteiger partial charge on any atom is 0.192 e. The summed E-state index contributed by atoms with van der Waals surface area (Å²) < 4.78 is 13.9. The molecule has 1 aliphatic rings. The van der Waals surface area contributed by atoms with E-state index < -0.39 is 48.8 Å². The van der Waals surface area contributed by atoms with Crippen LogP contribution in [-0.2, 0) is 29.2 Å². The number of nitrogens with one attached hydrogen (secondary N) is 1. The Balaban J connectivity index is 1.36. The minimum Gasteiger partial charge on any atom is -0.484 e. The van der Waals surface area contributed by atoms with E-state index in [1.165, 1.54) is 6.07 Å². The first-order chi connectivity index (χ1) is 20.9. The normalized spacial score (nSPS) is 19.8. The molecule has 7 N–H and O–H groups in total. The first kappa shape index (κ1) is 32.1. The van der Waals surface area contributed by atoms with Gasteiger partial charge in [-0.1, -0.05) is 0 Å². The molecule has 240 valence electrons. The Morgan fingerprint density at radius 3 is 2.70 bits per heavy atom. The number of aliphatic hydroxyl groups excluding tert-OH is 5. The summed E-state index contributed by atoms with van der Waals surface area (Å²) in [4.78, 5) is 27.0. The smallest absolute Gasteiger partial charge is 0.192 e. The van der Waals surface area contributed by atoms with E-state index in [2.05, 4.69) is 4.98 Å². The monoisotopic (exact) mass is 616 g/mol. The lowest BCUT2D eigenvalue weighted by Crippen LogP contribution is -2.61. The van der Waals surface area contributed by atoms with Crippen molar-refractivity contribution in [1.82, 2.24) is 9.55 Å². The zero-order valence-electron chi connectivity index (χ0n) is 24.9. The van der Waals surface area contributed by atoms with Crippen molar-refractivity contribution in [3.63, 3.8) is 0 Å². The molecule has 5 atom stereocenters. The molecule has 4 aromatic rings. The molecular weight excluding hydrogens is 576 g/mol. The predicted octanol–water partition coefficient (Wildman–Crippen LogP) is 0.846. The van der Waals surface area contributed by atoms with Crippen molar-refractivity contribution in [1.29, 1.82) is 0 Å². The van der Waals surface area contributed by atoms with Crippen molar-refractivity contribution < 1.29 is 49.6 Å². The number of hydrogen-bond acceptors (Lipinski definition) is 11. The highest BCUT2D eigenvalue weighted by Gasteiger charge is 2.47. The van der Waals surface area contributed by atoms with Crippen molar-refractivity contribution in [2.24, 2.45) is 0 Å². The van der Waals surface area contributed by atoms with Crippen LogP contribution < -0.4 is 10.2 Å². The van der Waals surface area contributed by atoms with Crippen LogP contribution in [0.15, 0.2) is 45.9 Å². The number of aromatic amines is 1. The van der Waals surface area contributed by atoms with Gasteiger partial charge in [0.25, 0.3) is 0 Å². The Kier molecular flexibility index (Phi) is 9.21. The van der Waals surface area contributed by atoms with Gasteiger partial charge < -0.3 is 49.3 Å². The van der Waals surface area contributed by atoms with E-state index in [4.69, 9.17) is 18.9 Å². The van der Waals surface area contributed by atoms with Crippen LogP contribution >= 0.6 is 0 Å². The van der Waals surface area contributed by atoms with Gasteiger partial charge in [-0.15, -0.1) is 0 Å². The molecule has 5 unspecified atom stereocenters. The average molecular weight is 617 g/mol. The minimum atomic E-state index is -2.35. The molecule has 0 fully saturated rings. The van der Waals surface area contributed by atoms with Crippen molar-refractivity contribution in [3.05, 3.63) is 63.8 Å². The molecule has 1 aliphatic heterocycles. The Hall–Kier alpha value is -3.27. The summed E-state index contributed by atoms with van der Waals surface area (Å²) in [7, 11) is 0. The largest absolute Gasteiger partial charge is 0.484 e. The van der Waals surface area contributed by atoms with Gasteiger partial charge in [0, 0.05) is 37.1 Å². The first-order valence-corrected chi connectivity index (χ1v) is 14.6. The number of aliphatic hydroxyl groups is 6. The summed E-state index contributed by atoms with van der Waals surface area (Å²) in [5.41, 5.74) is -0.300. The standard InChI is InChI=1S/C31H40N2O11/c1-17-11-23(36)20-12-18-13-26(30(2,3)43-27(18)19(5-4-10-34)28(20)42-17)44-41-15-25(38)31(40,29(39)24(37)14-35)16-33-9-7-21-22(33)6-8-32-21/h6-9,11-12,24-26,29,32,34-35,37-40H,4-5,10,13-16H2,1-3H3. The summed E-state index contributed by atoms with van der Waals surface area (Å²) in [6.07, 6.45) is -1.71. The molecule has 0 radical (unpaired) electrons. The van der Waals surface area contributed by atoms with E-state index >= 15 is 0 Å². The molecule has 44 heavy (non-hydrogen) atoms. The zero-order chi connectivity index (χ0) is 31.8. The number of rotatable bonds is 13. The van der Waals surface area contributed by atoms with Gasteiger partial charge in [-0.25, -0.2) is 9.78 Å². The van der Waals surface area contributed by atoms with Crippen molar-refractivity contribution in [2.75, 3.05) is 19.8 Å². The molecule has 13 nitrogen and oxygen atoms in total. The number of ether oxygens (including phenoxy) is 1. The maximum absolute atomic E-state index is 12.8. The zero-order valence-corrected chi connectivity index (χ0v) is 24.9. The molecule has 0 amide bonds. The van der Waals surface area contributed by atoms with Gasteiger partial charge in [-0.2, -0.15) is 0 Å². The maximum atomic E-state index is 12.8. The molecule has 0 bridgehead atoms. The van der Waals surface area contributed by atoms with Crippen molar-refractivity contribution in [2.45, 2.75) is 82.2 Å².